The first kappa shape index (κ1) is 17.8. The standard InChI is InChI=1S/C15H30N4O2/c1-3-5-6-13(18-15(16)21)14(20)19-9-7-12(8-10-19)11-17-4-2/h12-13,17H,3-11H2,1-2H3,(H3,16,18,21). The van der Waals surface area contributed by atoms with Gasteiger partial charge in [0.25, 0.3) is 0 Å². The van der Waals surface area contributed by atoms with Crippen molar-refractivity contribution in [3.05, 3.63) is 0 Å². The van der Waals surface area contributed by atoms with Crippen molar-refractivity contribution in [3.8, 4) is 0 Å². The largest absolute Gasteiger partial charge is 0.352 e. The van der Waals surface area contributed by atoms with Crippen molar-refractivity contribution >= 4 is 11.9 Å². The average molecular weight is 298 g/mol. The molecule has 0 aromatic rings. The minimum absolute atomic E-state index is 0.0177. The molecule has 1 aliphatic rings. The Morgan fingerprint density at radius 1 is 1.29 bits per heavy atom. The molecule has 4 N–H and O–H groups in total. The number of amides is 3. The monoisotopic (exact) mass is 298 g/mol. The number of carbonyl (C=O) groups excluding carboxylic acids is 2. The third-order valence-corrected chi connectivity index (χ3v) is 4.07. The van der Waals surface area contributed by atoms with Crippen LogP contribution in [0.1, 0.15) is 46.0 Å². The van der Waals surface area contributed by atoms with Crippen molar-refractivity contribution in [3.63, 3.8) is 0 Å². The Kier molecular flexibility index (Phi) is 8.12. The molecule has 1 aliphatic heterocycles. The van der Waals surface area contributed by atoms with Crippen LogP contribution >= 0.6 is 0 Å². The van der Waals surface area contributed by atoms with E-state index in [4.69, 9.17) is 5.73 Å². The van der Waals surface area contributed by atoms with Gasteiger partial charge in [0.15, 0.2) is 0 Å². The molecule has 1 rings (SSSR count). The van der Waals surface area contributed by atoms with Gasteiger partial charge in [-0.25, -0.2) is 4.79 Å². The lowest BCUT2D eigenvalue weighted by Crippen LogP contribution is -2.52. The Morgan fingerprint density at radius 2 is 1.95 bits per heavy atom. The summed E-state index contributed by atoms with van der Waals surface area (Å²) in [6.45, 7) is 7.73. The molecule has 0 aromatic carbocycles. The van der Waals surface area contributed by atoms with Gasteiger partial charge in [0.2, 0.25) is 5.91 Å². The van der Waals surface area contributed by atoms with Crippen LogP contribution in [0.5, 0.6) is 0 Å². The smallest absolute Gasteiger partial charge is 0.312 e. The molecular formula is C15H30N4O2. The Hall–Kier alpha value is -1.30. The van der Waals surface area contributed by atoms with Crippen LogP contribution in [-0.2, 0) is 4.79 Å². The van der Waals surface area contributed by atoms with Gasteiger partial charge in [-0.3, -0.25) is 4.79 Å². The van der Waals surface area contributed by atoms with E-state index in [1.54, 1.807) is 0 Å². The fourth-order valence-corrected chi connectivity index (χ4v) is 2.76. The van der Waals surface area contributed by atoms with Crippen LogP contribution in [0.25, 0.3) is 0 Å². The lowest BCUT2D eigenvalue weighted by Gasteiger charge is -2.34. The summed E-state index contributed by atoms with van der Waals surface area (Å²) >= 11 is 0. The van der Waals surface area contributed by atoms with Crippen LogP contribution < -0.4 is 16.4 Å². The number of carbonyl (C=O) groups is 2. The topological polar surface area (TPSA) is 87.5 Å². The summed E-state index contributed by atoms with van der Waals surface area (Å²) in [5.41, 5.74) is 5.18. The predicted octanol–water partition coefficient (Wildman–Crippen LogP) is 1.06. The van der Waals surface area contributed by atoms with Gasteiger partial charge in [0, 0.05) is 13.1 Å². The zero-order valence-electron chi connectivity index (χ0n) is 13.4. The molecule has 3 amide bonds. The highest BCUT2D eigenvalue weighted by molar-refractivity contribution is 5.86. The van der Waals surface area contributed by atoms with E-state index in [0.29, 0.717) is 12.3 Å². The van der Waals surface area contributed by atoms with Crippen LogP contribution in [0.2, 0.25) is 0 Å². The van der Waals surface area contributed by atoms with Crippen LogP contribution in [0.4, 0.5) is 4.79 Å². The Morgan fingerprint density at radius 3 is 2.48 bits per heavy atom. The van der Waals surface area contributed by atoms with Crippen molar-refractivity contribution in [2.45, 2.75) is 52.0 Å². The van der Waals surface area contributed by atoms with E-state index in [2.05, 4.69) is 24.5 Å². The van der Waals surface area contributed by atoms with E-state index >= 15 is 0 Å². The molecular weight excluding hydrogens is 268 g/mol. The number of unbranched alkanes of at least 4 members (excludes halogenated alkanes) is 1. The molecule has 0 aliphatic carbocycles. The van der Waals surface area contributed by atoms with Gasteiger partial charge in [0.05, 0.1) is 0 Å². The average Bonchev–Trinajstić information content (AvgIpc) is 2.49. The zero-order chi connectivity index (χ0) is 15.7. The summed E-state index contributed by atoms with van der Waals surface area (Å²) in [5, 5.41) is 5.95. The molecule has 21 heavy (non-hydrogen) atoms. The van der Waals surface area contributed by atoms with Crippen molar-refractivity contribution in [1.29, 1.82) is 0 Å². The second-order valence-corrected chi connectivity index (χ2v) is 5.78. The van der Waals surface area contributed by atoms with Crippen molar-refractivity contribution < 1.29 is 9.59 Å². The normalized spacial score (nSPS) is 17.5. The molecule has 1 heterocycles. The summed E-state index contributed by atoms with van der Waals surface area (Å²) in [6, 6.07) is -1.08. The molecule has 0 spiro atoms. The molecule has 122 valence electrons. The third-order valence-electron chi connectivity index (χ3n) is 4.07. The summed E-state index contributed by atoms with van der Waals surface area (Å²) in [6.07, 6.45) is 4.61. The molecule has 0 radical (unpaired) electrons. The second kappa shape index (κ2) is 9.60. The number of nitrogens with one attached hydrogen (secondary N) is 2. The highest BCUT2D eigenvalue weighted by Crippen LogP contribution is 2.18. The van der Waals surface area contributed by atoms with Gasteiger partial charge in [0.1, 0.15) is 6.04 Å². The number of hydrogen-bond donors (Lipinski definition) is 3. The lowest BCUT2D eigenvalue weighted by molar-refractivity contribution is -0.134. The van der Waals surface area contributed by atoms with Crippen molar-refractivity contribution in [2.24, 2.45) is 11.7 Å². The van der Waals surface area contributed by atoms with Gasteiger partial charge >= 0.3 is 6.03 Å². The van der Waals surface area contributed by atoms with E-state index in [1.807, 2.05) is 4.90 Å². The third kappa shape index (κ3) is 6.33. The fourth-order valence-electron chi connectivity index (χ4n) is 2.76. The summed E-state index contributed by atoms with van der Waals surface area (Å²) in [7, 11) is 0. The van der Waals surface area contributed by atoms with E-state index in [9.17, 15) is 9.59 Å². The first-order chi connectivity index (χ1) is 10.1. The number of nitrogens with zero attached hydrogens (tertiary/aromatic N) is 1. The molecule has 1 atom stereocenters. The summed E-state index contributed by atoms with van der Waals surface area (Å²) in [5.74, 6) is 0.663. The molecule has 0 bridgehead atoms. The van der Waals surface area contributed by atoms with Crippen LogP contribution in [0.15, 0.2) is 0 Å². The molecule has 1 saturated heterocycles. The maximum Gasteiger partial charge on any atom is 0.312 e. The number of likely N-dealkylation sites (tertiary alicyclic amines) is 1. The Labute approximate surface area is 127 Å². The minimum Gasteiger partial charge on any atom is -0.352 e. The second-order valence-electron chi connectivity index (χ2n) is 5.78. The predicted molar refractivity (Wildman–Crippen MR) is 83.9 cm³/mol. The number of piperidine rings is 1. The fraction of sp³-hybridized carbons (Fsp3) is 0.867. The number of primary amides is 1. The molecule has 6 heteroatoms. The first-order valence-corrected chi connectivity index (χ1v) is 8.13. The van der Waals surface area contributed by atoms with E-state index in [1.165, 1.54) is 0 Å². The molecule has 1 fully saturated rings. The van der Waals surface area contributed by atoms with Crippen molar-refractivity contribution in [1.82, 2.24) is 15.5 Å². The van der Waals surface area contributed by atoms with E-state index < -0.39 is 12.1 Å². The van der Waals surface area contributed by atoms with Gasteiger partial charge in [-0.2, -0.15) is 0 Å². The Bertz CT molecular complexity index is 328. The number of hydrogen-bond acceptors (Lipinski definition) is 3. The highest BCUT2D eigenvalue weighted by Gasteiger charge is 2.28. The van der Waals surface area contributed by atoms with Gasteiger partial charge in [-0.1, -0.05) is 26.7 Å². The zero-order valence-corrected chi connectivity index (χ0v) is 13.4. The summed E-state index contributed by atoms with van der Waals surface area (Å²) < 4.78 is 0. The number of nitrogens with two attached hydrogens (primary N) is 1. The van der Waals surface area contributed by atoms with Crippen molar-refractivity contribution in [2.75, 3.05) is 26.2 Å². The number of rotatable bonds is 8. The highest BCUT2D eigenvalue weighted by atomic mass is 16.2. The van der Waals surface area contributed by atoms with E-state index in [-0.39, 0.29) is 5.91 Å². The molecule has 0 saturated carbocycles. The first-order valence-electron chi connectivity index (χ1n) is 8.13. The number of urea groups is 1. The SMILES string of the molecule is CCCCC(NC(N)=O)C(=O)N1CCC(CNCC)CC1. The van der Waals surface area contributed by atoms with Crippen LogP contribution in [0.3, 0.4) is 0 Å². The van der Waals surface area contributed by atoms with Gasteiger partial charge in [-0.05, 0) is 38.3 Å². The van der Waals surface area contributed by atoms with E-state index in [0.717, 1.165) is 51.9 Å². The minimum atomic E-state index is -0.619. The lowest BCUT2D eigenvalue weighted by atomic mass is 9.96. The molecule has 6 nitrogen and oxygen atoms in total. The quantitative estimate of drug-likeness (QED) is 0.626. The van der Waals surface area contributed by atoms with Crippen LogP contribution in [-0.4, -0.2) is 49.1 Å². The maximum atomic E-state index is 12.5. The molecule has 1 unspecified atom stereocenters. The summed E-state index contributed by atoms with van der Waals surface area (Å²) in [4.78, 5) is 25.4. The Balaban J connectivity index is 2.46. The molecule has 0 aromatic heterocycles. The van der Waals surface area contributed by atoms with Gasteiger partial charge in [-0.15, -0.1) is 0 Å². The van der Waals surface area contributed by atoms with Crippen LogP contribution in [0, 0.1) is 5.92 Å². The maximum absolute atomic E-state index is 12.5. The van der Waals surface area contributed by atoms with Gasteiger partial charge < -0.3 is 21.3 Å².